The second kappa shape index (κ2) is 5.53. The molecular formula is C12H19NO. The number of para-hydroxylation sites is 2. The number of aromatic hydroxyl groups is 1. The van der Waals surface area contributed by atoms with Crippen LogP contribution in [0.3, 0.4) is 0 Å². The van der Waals surface area contributed by atoms with E-state index in [1.54, 1.807) is 6.07 Å². The van der Waals surface area contributed by atoms with Crippen LogP contribution in [0, 0.1) is 0 Å². The number of rotatable bonds is 5. The molecule has 14 heavy (non-hydrogen) atoms. The van der Waals surface area contributed by atoms with Crippen molar-refractivity contribution in [3.05, 3.63) is 24.3 Å². The molecule has 0 saturated heterocycles. The van der Waals surface area contributed by atoms with Gasteiger partial charge in [0, 0.05) is 13.6 Å². The lowest BCUT2D eigenvalue weighted by molar-refractivity contribution is 0.474. The lowest BCUT2D eigenvalue weighted by Crippen LogP contribution is -2.18. The number of phenols is 1. The third-order valence-corrected chi connectivity index (χ3v) is 2.39. The molecule has 0 aliphatic heterocycles. The second-order valence-corrected chi connectivity index (χ2v) is 3.62. The van der Waals surface area contributed by atoms with E-state index in [-0.39, 0.29) is 0 Å². The van der Waals surface area contributed by atoms with E-state index in [0.717, 1.165) is 12.2 Å². The minimum Gasteiger partial charge on any atom is -0.506 e. The standard InChI is InChI=1S/C12H19NO/c1-3-4-7-10-13(2)11-8-5-6-9-12(11)14/h5-6,8-9,14H,3-4,7,10H2,1-2H3. The van der Waals surface area contributed by atoms with Crippen LogP contribution in [0.1, 0.15) is 26.2 Å². The molecule has 2 nitrogen and oxygen atoms in total. The maximum Gasteiger partial charge on any atom is 0.138 e. The van der Waals surface area contributed by atoms with Gasteiger partial charge in [0.1, 0.15) is 5.75 Å². The van der Waals surface area contributed by atoms with Gasteiger partial charge in [-0.2, -0.15) is 0 Å². The predicted octanol–water partition coefficient (Wildman–Crippen LogP) is 3.02. The SMILES string of the molecule is CCCCCN(C)c1ccccc1O. The Kier molecular flexibility index (Phi) is 4.30. The topological polar surface area (TPSA) is 23.5 Å². The molecule has 1 aromatic carbocycles. The fourth-order valence-corrected chi connectivity index (χ4v) is 1.51. The molecule has 2 heteroatoms. The summed E-state index contributed by atoms with van der Waals surface area (Å²) in [5.41, 5.74) is 0.920. The first kappa shape index (κ1) is 10.9. The third-order valence-electron chi connectivity index (χ3n) is 2.39. The molecule has 0 bridgehead atoms. The Bertz CT molecular complexity index is 273. The summed E-state index contributed by atoms with van der Waals surface area (Å²) in [6.45, 7) is 3.20. The van der Waals surface area contributed by atoms with Gasteiger partial charge in [-0.3, -0.25) is 0 Å². The summed E-state index contributed by atoms with van der Waals surface area (Å²) in [6, 6.07) is 7.47. The van der Waals surface area contributed by atoms with Crippen molar-refractivity contribution in [1.82, 2.24) is 0 Å². The van der Waals surface area contributed by atoms with Crippen molar-refractivity contribution in [3.63, 3.8) is 0 Å². The zero-order valence-corrected chi connectivity index (χ0v) is 9.03. The number of hydrogen-bond donors (Lipinski definition) is 1. The lowest BCUT2D eigenvalue weighted by atomic mass is 10.2. The summed E-state index contributed by atoms with van der Waals surface area (Å²) < 4.78 is 0. The zero-order valence-electron chi connectivity index (χ0n) is 9.03. The van der Waals surface area contributed by atoms with Crippen molar-refractivity contribution < 1.29 is 5.11 Å². The van der Waals surface area contributed by atoms with Gasteiger partial charge in [-0.15, -0.1) is 0 Å². The molecule has 0 aliphatic rings. The summed E-state index contributed by atoms with van der Waals surface area (Å²) in [6.07, 6.45) is 3.66. The Morgan fingerprint density at radius 3 is 2.57 bits per heavy atom. The van der Waals surface area contributed by atoms with E-state index in [4.69, 9.17) is 0 Å². The molecular weight excluding hydrogens is 174 g/mol. The molecule has 0 atom stereocenters. The second-order valence-electron chi connectivity index (χ2n) is 3.62. The average Bonchev–Trinajstić information content (AvgIpc) is 2.18. The molecule has 0 spiro atoms. The van der Waals surface area contributed by atoms with Gasteiger partial charge in [-0.25, -0.2) is 0 Å². The first-order valence-corrected chi connectivity index (χ1v) is 5.25. The van der Waals surface area contributed by atoms with Gasteiger partial charge in [0.05, 0.1) is 5.69 Å². The van der Waals surface area contributed by atoms with Crippen molar-refractivity contribution in [2.45, 2.75) is 26.2 Å². The van der Waals surface area contributed by atoms with Crippen LogP contribution >= 0.6 is 0 Å². The zero-order chi connectivity index (χ0) is 10.4. The molecule has 78 valence electrons. The summed E-state index contributed by atoms with van der Waals surface area (Å²) in [5.74, 6) is 0.367. The molecule has 0 fully saturated rings. The molecule has 0 aliphatic carbocycles. The summed E-state index contributed by atoms with van der Waals surface area (Å²) in [4.78, 5) is 2.10. The van der Waals surface area contributed by atoms with E-state index in [1.165, 1.54) is 19.3 Å². The Morgan fingerprint density at radius 1 is 1.21 bits per heavy atom. The fourth-order valence-electron chi connectivity index (χ4n) is 1.51. The first-order chi connectivity index (χ1) is 6.75. The molecule has 0 unspecified atom stereocenters. The highest BCUT2D eigenvalue weighted by Gasteiger charge is 2.04. The number of anilines is 1. The molecule has 0 radical (unpaired) electrons. The molecule has 0 saturated carbocycles. The van der Waals surface area contributed by atoms with Gasteiger partial charge >= 0.3 is 0 Å². The van der Waals surface area contributed by atoms with Crippen LogP contribution in [-0.2, 0) is 0 Å². The normalized spacial score (nSPS) is 10.1. The predicted molar refractivity (Wildman–Crippen MR) is 60.9 cm³/mol. The molecule has 1 rings (SSSR count). The Balaban J connectivity index is 2.51. The van der Waals surface area contributed by atoms with Crippen molar-refractivity contribution in [2.24, 2.45) is 0 Å². The van der Waals surface area contributed by atoms with E-state index in [9.17, 15) is 5.11 Å². The van der Waals surface area contributed by atoms with E-state index >= 15 is 0 Å². The Morgan fingerprint density at radius 2 is 1.93 bits per heavy atom. The number of phenolic OH excluding ortho intramolecular Hbond substituents is 1. The highest BCUT2D eigenvalue weighted by Crippen LogP contribution is 2.25. The van der Waals surface area contributed by atoms with Crippen molar-refractivity contribution in [1.29, 1.82) is 0 Å². The minimum atomic E-state index is 0.367. The van der Waals surface area contributed by atoms with Gasteiger partial charge in [0.25, 0.3) is 0 Å². The van der Waals surface area contributed by atoms with Crippen molar-refractivity contribution in [2.75, 3.05) is 18.5 Å². The van der Waals surface area contributed by atoms with Gasteiger partial charge in [0.2, 0.25) is 0 Å². The van der Waals surface area contributed by atoms with Crippen molar-refractivity contribution in [3.8, 4) is 5.75 Å². The third kappa shape index (κ3) is 2.95. The molecule has 0 aromatic heterocycles. The van der Waals surface area contributed by atoms with Crippen LogP contribution in [0.5, 0.6) is 5.75 Å². The van der Waals surface area contributed by atoms with Gasteiger partial charge in [-0.1, -0.05) is 31.9 Å². The van der Waals surface area contributed by atoms with Crippen molar-refractivity contribution >= 4 is 5.69 Å². The number of hydrogen-bond acceptors (Lipinski definition) is 2. The van der Waals surface area contributed by atoms with Crippen LogP contribution in [-0.4, -0.2) is 18.7 Å². The largest absolute Gasteiger partial charge is 0.506 e. The Labute approximate surface area is 86.2 Å². The lowest BCUT2D eigenvalue weighted by Gasteiger charge is -2.19. The first-order valence-electron chi connectivity index (χ1n) is 5.25. The smallest absolute Gasteiger partial charge is 0.138 e. The fraction of sp³-hybridized carbons (Fsp3) is 0.500. The average molecular weight is 193 g/mol. The summed E-state index contributed by atoms with van der Waals surface area (Å²) in [7, 11) is 2.02. The van der Waals surface area contributed by atoms with Gasteiger partial charge < -0.3 is 10.0 Å². The van der Waals surface area contributed by atoms with E-state index in [0.29, 0.717) is 5.75 Å². The van der Waals surface area contributed by atoms with Crippen LogP contribution in [0.15, 0.2) is 24.3 Å². The van der Waals surface area contributed by atoms with Crippen LogP contribution in [0.25, 0.3) is 0 Å². The number of unbranched alkanes of at least 4 members (excludes halogenated alkanes) is 2. The highest BCUT2D eigenvalue weighted by atomic mass is 16.3. The molecule has 0 heterocycles. The van der Waals surface area contributed by atoms with Crippen LogP contribution in [0.4, 0.5) is 5.69 Å². The highest BCUT2D eigenvalue weighted by molar-refractivity contribution is 5.56. The van der Waals surface area contributed by atoms with Gasteiger partial charge in [0.15, 0.2) is 0 Å². The van der Waals surface area contributed by atoms with E-state index in [2.05, 4.69) is 11.8 Å². The molecule has 1 aromatic rings. The number of nitrogens with zero attached hydrogens (tertiary/aromatic N) is 1. The molecule has 0 amide bonds. The Hall–Kier alpha value is -1.18. The maximum atomic E-state index is 9.60. The van der Waals surface area contributed by atoms with Gasteiger partial charge in [-0.05, 0) is 18.6 Å². The number of benzene rings is 1. The summed E-state index contributed by atoms with van der Waals surface area (Å²) >= 11 is 0. The summed E-state index contributed by atoms with van der Waals surface area (Å²) in [5, 5.41) is 9.60. The monoisotopic (exact) mass is 193 g/mol. The van der Waals surface area contributed by atoms with Crippen LogP contribution < -0.4 is 4.90 Å². The maximum absolute atomic E-state index is 9.60. The minimum absolute atomic E-state index is 0.367. The van der Waals surface area contributed by atoms with E-state index < -0.39 is 0 Å². The van der Waals surface area contributed by atoms with Crippen LogP contribution in [0.2, 0.25) is 0 Å². The van der Waals surface area contributed by atoms with E-state index in [1.807, 2.05) is 25.2 Å². The molecule has 1 N–H and O–H groups in total. The quantitative estimate of drug-likeness (QED) is 0.727.